The van der Waals surface area contributed by atoms with Gasteiger partial charge in [0.2, 0.25) is 5.82 Å². The van der Waals surface area contributed by atoms with Gasteiger partial charge >= 0.3 is 6.18 Å². The molecule has 8 nitrogen and oxygen atoms in total. The molecule has 13 heteroatoms. The highest BCUT2D eigenvalue weighted by Gasteiger charge is 2.38. The van der Waals surface area contributed by atoms with Crippen molar-refractivity contribution in [3.05, 3.63) is 69.0 Å². The molecule has 1 aromatic carbocycles. The molecule has 5 rings (SSSR count). The summed E-state index contributed by atoms with van der Waals surface area (Å²) in [6.07, 6.45) is -0.801. The van der Waals surface area contributed by atoms with Crippen LogP contribution in [-0.4, -0.2) is 35.9 Å². The number of benzene rings is 1. The number of fused-ring (bicyclic) bond motifs is 1. The minimum atomic E-state index is -4.92. The lowest BCUT2D eigenvalue weighted by Gasteiger charge is -2.28. The lowest BCUT2D eigenvalue weighted by Crippen LogP contribution is -2.29. The zero-order valence-electron chi connectivity index (χ0n) is 19.1. The Labute approximate surface area is 206 Å². The number of aryl methyl sites for hydroxylation is 1. The quantitative estimate of drug-likeness (QED) is 0.366. The van der Waals surface area contributed by atoms with Crippen molar-refractivity contribution in [2.45, 2.75) is 31.0 Å². The largest absolute Gasteiger partial charge is 0.449 e. The average molecular weight is 523 g/mol. The normalized spacial score (nSPS) is 18.6. The number of hydrogen-bond acceptors (Lipinski definition) is 6. The van der Waals surface area contributed by atoms with Gasteiger partial charge in [-0.2, -0.15) is 18.3 Å². The Morgan fingerprint density at radius 3 is 2.58 bits per heavy atom. The van der Waals surface area contributed by atoms with E-state index in [4.69, 9.17) is 16.3 Å². The first-order valence-electron chi connectivity index (χ1n) is 10.9. The van der Waals surface area contributed by atoms with E-state index in [2.05, 4.69) is 20.1 Å². The highest BCUT2D eigenvalue weighted by molar-refractivity contribution is 6.30. The molecule has 0 spiro atoms. The molecule has 0 bridgehead atoms. The first-order valence-corrected chi connectivity index (χ1v) is 11.3. The molecule has 0 saturated carbocycles. The van der Waals surface area contributed by atoms with E-state index in [0.29, 0.717) is 24.0 Å². The molecular formula is C23H19ClF4N6O2. The predicted molar refractivity (Wildman–Crippen MR) is 122 cm³/mol. The standard InChI is InChI=1S/C23H19ClF4N6O2/c1-33-10-12(9-29-33)16-7-11(5-6-36-16)20-30-17(14-4-3-13(24)8-15(14)25)18-19(31-20)21(35)34(2)22(32-18)23(26,27)28/h3-4,8-11,16H,5-7H2,1-2H3/t11-,16+/m1/s1. The molecular weight excluding hydrogens is 504 g/mol. The first kappa shape index (κ1) is 24.3. The van der Waals surface area contributed by atoms with Crippen molar-refractivity contribution in [3.63, 3.8) is 0 Å². The number of ether oxygens (including phenoxy) is 1. The maximum atomic E-state index is 14.9. The van der Waals surface area contributed by atoms with Crippen molar-refractivity contribution in [2.24, 2.45) is 14.1 Å². The lowest BCUT2D eigenvalue weighted by molar-refractivity contribution is -0.147. The molecule has 4 aromatic rings. The van der Waals surface area contributed by atoms with Gasteiger partial charge in [0.15, 0.2) is 5.52 Å². The fourth-order valence-electron chi connectivity index (χ4n) is 4.34. The second kappa shape index (κ2) is 8.93. The summed E-state index contributed by atoms with van der Waals surface area (Å²) in [4.78, 5) is 25.5. The summed E-state index contributed by atoms with van der Waals surface area (Å²) in [6.45, 7) is 0.361. The summed E-state index contributed by atoms with van der Waals surface area (Å²) in [7, 11) is 2.75. The maximum absolute atomic E-state index is 14.9. The Morgan fingerprint density at radius 2 is 1.92 bits per heavy atom. The van der Waals surface area contributed by atoms with Crippen LogP contribution in [0.15, 0.2) is 35.4 Å². The highest BCUT2D eigenvalue weighted by Crippen LogP contribution is 2.38. The van der Waals surface area contributed by atoms with Gasteiger partial charge in [0.05, 0.1) is 12.3 Å². The van der Waals surface area contributed by atoms with E-state index in [0.717, 1.165) is 18.7 Å². The van der Waals surface area contributed by atoms with Gasteiger partial charge in [-0.1, -0.05) is 11.6 Å². The summed E-state index contributed by atoms with van der Waals surface area (Å²) in [5, 5.41) is 4.25. The molecule has 0 radical (unpaired) electrons. The summed E-state index contributed by atoms with van der Waals surface area (Å²) in [6, 6.07) is 3.69. The summed E-state index contributed by atoms with van der Waals surface area (Å²) < 4.78 is 63.7. The number of halogens is 5. The first-order chi connectivity index (χ1) is 17.0. The van der Waals surface area contributed by atoms with Crippen molar-refractivity contribution in [2.75, 3.05) is 6.61 Å². The second-order valence-electron chi connectivity index (χ2n) is 8.58. The topological polar surface area (TPSA) is 87.7 Å². The van der Waals surface area contributed by atoms with Gasteiger partial charge in [0.25, 0.3) is 5.56 Å². The van der Waals surface area contributed by atoms with Crippen LogP contribution < -0.4 is 5.56 Å². The molecule has 188 valence electrons. The number of nitrogens with zero attached hydrogens (tertiary/aromatic N) is 6. The molecule has 0 N–H and O–H groups in total. The zero-order chi connectivity index (χ0) is 25.8. The van der Waals surface area contributed by atoms with Crippen LogP contribution in [0, 0.1) is 5.82 Å². The molecule has 36 heavy (non-hydrogen) atoms. The van der Waals surface area contributed by atoms with Gasteiger partial charge in [0.1, 0.15) is 22.9 Å². The Bertz CT molecular complexity index is 1530. The molecule has 1 fully saturated rings. The van der Waals surface area contributed by atoms with Crippen molar-refractivity contribution in [1.82, 2.24) is 29.3 Å². The number of hydrogen-bond donors (Lipinski definition) is 0. The zero-order valence-corrected chi connectivity index (χ0v) is 19.8. The number of rotatable bonds is 3. The van der Waals surface area contributed by atoms with Crippen molar-refractivity contribution in [1.29, 1.82) is 0 Å². The van der Waals surface area contributed by atoms with Gasteiger partial charge in [-0.05, 0) is 31.0 Å². The molecule has 2 atom stereocenters. The van der Waals surface area contributed by atoms with E-state index in [1.54, 1.807) is 17.9 Å². The fraction of sp³-hybridized carbons (Fsp3) is 0.348. The third kappa shape index (κ3) is 4.35. The van der Waals surface area contributed by atoms with Gasteiger partial charge in [-0.15, -0.1) is 0 Å². The highest BCUT2D eigenvalue weighted by atomic mass is 35.5. The SMILES string of the molecule is Cn1cc([C@@H]2C[C@H](c3nc(-c4ccc(Cl)cc4F)c4nc(C(F)(F)F)n(C)c(=O)c4n3)CCO2)cn1. The van der Waals surface area contributed by atoms with Crippen molar-refractivity contribution < 1.29 is 22.3 Å². The smallest absolute Gasteiger partial charge is 0.373 e. The van der Waals surface area contributed by atoms with Gasteiger partial charge in [-0.3, -0.25) is 14.0 Å². The van der Waals surface area contributed by atoms with Crippen LogP contribution in [0.4, 0.5) is 17.6 Å². The van der Waals surface area contributed by atoms with Crippen LogP contribution in [0.1, 0.15) is 42.1 Å². The van der Waals surface area contributed by atoms with E-state index >= 15 is 0 Å². The molecule has 0 unspecified atom stereocenters. The second-order valence-corrected chi connectivity index (χ2v) is 9.01. The van der Waals surface area contributed by atoms with Crippen LogP contribution in [-0.2, 0) is 25.0 Å². The minimum absolute atomic E-state index is 0.0958. The molecule has 0 amide bonds. The van der Waals surface area contributed by atoms with E-state index in [9.17, 15) is 22.4 Å². The van der Waals surface area contributed by atoms with Gasteiger partial charge in [0, 0.05) is 49.0 Å². The van der Waals surface area contributed by atoms with Crippen LogP contribution in [0.3, 0.4) is 0 Å². The van der Waals surface area contributed by atoms with Crippen molar-refractivity contribution in [3.8, 4) is 11.3 Å². The molecule has 4 heterocycles. The molecule has 1 aliphatic rings. The molecule has 1 aliphatic heterocycles. The Hall–Kier alpha value is -3.38. The predicted octanol–water partition coefficient (Wildman–Crippen LogP) is 4.57. The maximum Gasteiger partial charge on any atom is 0.449 e. The van der Waals surface area contributed by atoms with Crippen LogP contribution in [0.5, 0.6) is 0 Å². The van der Waals surface area contributed by atoms with E-state index in [1.165, 1.54) is 12.1 Å². The Kier molecular flexibility index (Phi) is 6.03. The Morgan fingerprint density at radius 1 is 1.14 bits per heavy atom. The van der Waals surface area contributed by atoms with E-state index in [1.807, 2.05) is 6.20 Å². The number of aromatic nitrogens is 6. The van der Waals surface area contributed by atoms with Crippen LogP contribution in [0.2, 0.25) is 5.02 Å². The lowest BCUT2D eigenvalue weighted by atomic mass is 9.92. The Balaban J connectivity index is 1.71. The monoisotopic (exact) mass is 522 g/mol. The molecule has 0 aliphatic carbocycles. The average Bonchev–Trinajstić information content (AvgIpc) is 3.26. The third-order valence-corrected chi connectivity index (χ3v) is 6.36. The van der Waals surface area contributed by atoms with Gasteiger partial charge < -0.3 is 4.74 Å². The van der Waals surface area contributed by atoms with E-state index in [-0.39, 0.29) is 39.6 Å². The summed E-state index contributed by atoms with van der Waals surface area (Å²) in [5.41, 5.74) is -1.29. The van der Waals surface area contributed by atoms with Gasteiger partial charge in [-0.25, -0.2) is 19.3 Å². The minimum Gasteiger partial charge on any atom is -0.373 e. The molecule has 3 aromatic heterocycles. The summed E-state index contributed by atoms with van der Waals surface area (Å²) >= 11 is 5.87. The summed E-state index contributed by atoms with van der Waals surface area (Å²) in [5.74, 6) is -2.36. The van der Waals surface area contributed by atoms with Crippen molar-refractivity contribution >= 4 is 22.6 Å². The van der Waals surface area contributed by atoms with Crippen LogP contribution >= 0.6 is 11.6 Å². The van der Waals surface area contributed by atoms with Crippen LogP contribution in [0.25, 0.3) is 22.3 Å². The third-order valence-electron chi connectivity index (χ3n) is 6.13. The molecule has 1 saturated heterocycles. The number of alkyl halides is 3. The van der Waals surface area contributed by atoms with E-state index < -0.39 is 28.9 Å². The fourth-order valence-corrected chi connectivity index (χ4v) is 4.50.